The van der Waals surface area contributed by atoms with Gasteiger partial charge in [-0.05, 0) is 61.9 Å². The van der Waals surface area contributed by atoms with E-state index in [9.17, 15) is 14.4 Å². The molecular formula is C36H50N2O5. The summed E-state index contributed by atoms with van der Waals surface area (Å²) in [5.74, 6) is 0.500. The van der Waals surface area contributed by atoms with Gasteiger partial charge < -0.3 is 14.8 Å². The van der Waals surface area contributed by atoms with E-state index in [1.165, 1.54) is 69.1 Å². The molecule has 1 aliphatic heterocycles. The number of amides is 3. The Kier molecular flexibility index (Phi) is 15.4. The number of unbranched alkanes of at least 4 members (excludes halogenated alkanes) is 11. The summed E-state index contributed by atoms with van der Waals surface area (Å²) < 4.78 is 11.3. The fraction of sp³-hybridized carbons (Fsp3) is 0.528. The van der Waals surface area contributed by atoms with Crippen LogP contribution in [0, 0.1) is 0 Å². The van der Waals surface area contributed by atoms with Crippen molar-refractivity contribution in [3.05, 3.63) is 71.3 Å². The van der Waals surface area contributed by atoms with Crippen molar-refractivity contribution in [2.75, 3.05) is 20.3 Å². The minimum atomic E-state index is -0.302. The van der Waals surface area contributed by atoms with Crippen LogP contribution in [0.15, 0.2) is 54.6 Å². The molecule has 234 valence electrons. The molecule has 0 radical (unpaired) electrons. The normalized spacial score (nSPS) is 12.7. The first-order valence-electron chi connectivity index (χ1n) is 16.2. The van der Waals surface area contributed by atoms with E-state index < -0.39 is 0 Å². The lowest BCUT2D eigenvalue weighted by atomic mass is 10.1. The predicted octanol–water partition coefficient (Wildman–Crippen LogP) is 8.02. The number of nitrogens with zero attached hydrogens (tertiary/aromatic N) is 1. The summed E-state index contributed by atoms with van der Waals surface area (Å²) in [6, 6.07) is 12.3. The van der Waals surface area contributed by atoms with Gasteiger partial charge in [-0.15, -0.1) is 0 Å². The molecule has 0 saturated carbocycles. The highest BCUT2D eigenvalue weighted by Crippen LogP contribution is 2.29. The predicted molar refractivity (Wildman–Crippen MR) is 172 cm³/mol. The Bertz CT molecular complexity index is 1160. The number of methoxy groups -OCH3 is 1. The summed E-state index contributed by atoms with van der Waals surface area (Å²) in [6.45, 7) is 2.96. The maximum absolute atomic E-state index is 12.5. The zero-order valence-electron chi connectivity index (χ0n) is 26.2. The number of nitrogens with one attached hydrogen (secondary N) is 1. The Hall–Kier alpha value is -3.61. The summed E-state index contributed by atoms with van der Waals surface area (Å²) in [5.41, 5.74) is 1.75. The van der Waals surface area contributed by atoms with Crippen LogP contribution < -0.4 is 14.8 Å². The first-order valence-corrected chi connectivity index (χ1v) is 16.2. The molecule has 7 nitrogen and oxygen atoms in total. The molecule has 0 saturated heterocycles. The minimum Gasteiger partial charge on any atom is -0.493 e. The molecule has 2 aromatic carbocycles. The zero-order chi connectivity index (χ0) is 30.7. The van der Waals surface area contributed by atoms with Gasteiger partial charge in [-0.25, -0.2) is 0 Å². The van der Waals surface area contributed by atoms with Gasteiger partial charge in [0, 0.05) is 13.0 Å². The van der Waals surface area contributed by atoms with Crippen molar-refractivity contribution in [1.82, 2.24) is 10.2 Å². The highest BCUT2D eigenvalue weighted by Gasteiger charge is 2.34. The third-order valence-electron chi connectivity index (χ3n) is 7.83. The van der Waals surface area contributed by atoms with Crippen molar-refractivity contribution in [2.24, 2.45) is 0 Å². The highest BCUT2D eigenvalue weighted by molar-refractivity contribution is 6.21. The van der Waals surface area contributed by atoms with E-state index in [0.29, 0.717) is 35.6 Å². The molecule has 7 heteroatoms. The van der Waals surface area contributed by atoms with E-state index in [-0.39, 0.29) is 30.9 Å². The van der Waals surface area contributed by atoms with E-state index >= 15 is 0 Å². The maximum atomic E-state index is 12.5. The SMILES string of the molecule is CCCCCCCCC=CCCCCCCCC(=O)NCc1ccc(OCCN2C(=O)c3ccccc3C2=O)c(OC)c1. The number of ether oxygens (including phenoxy) is 2. The van der Waals surface area contributed by atoms with Gasteiger partial charge in [-0.1, -0.05) is 88.6 Å². The van der Waals surface area contributed by atoms with E-state index in [0.717, 1.165) is 24.8 Å². The van der Waals surface area contributed by atoms with Crippen LogP contribution in [0.25, 0.3) is 0 Å². The molecule has 0 aromatic heterocycles. The second-order valence-corrected chi connectivity index (χ2v) is 11.3. The third-order valence-corrected chi connectivity index (χ3v) is 7.83. The average molecular weight is 591 g/mol. The van der Waals surface area contributed by atoms with Crippen LogP contribution in [-0.4, -0.2) is 42.9 Å². The molecule has 0 atom stereocenters. The smallest absolute Gasteiger partial charge is 0.261 e. The van der Waals surface area contributed by atoms with E-state index in [1.807, 2.05) is 12.1 Å². The Labute approximate surface area is 258 Å². The van der Waals surface area contributed by atoms with Crippen LogP contribution in [0.5, 0.6) is 11.5 Å². The molecule has 0 bridgehead atoms. The fourth-order valence-electron chi connectivity index (χ4n) is 5.28. The highest BCUT2D eigenvalue weighted by atomic mass is 16.5. The summed E-state index contributed by atoms with van der Waals surface area (Å²) in [7, 11) is 1.56. The first-order chi connectivity index (χ1) is 21.0. The van der Waals surface area contributed by atoms with Crippen molar-refractivity contribution < 1.29 is 23.9 Å². The Morgan fingerprint density at radius 2 is 1.40 bits per heavy atom. The minimum absolute atomic E-state index is 0.0536. The number of benzene rings is 2. The van der Waals surface area contributed by atoms with E-state index in [1.54, 1.807) is 37.4 Å². The average Bonchev–Trinajstić information content (AvgIpc) is 3.27. The third kappa shape index (κ3) is 11.5. The van der Waals surface area contributed by atoms with Crippen LogP contribution in [0.2, 0.25) is 0 Å². The number of rotatable bonds is 22. The van der Waals surface area contributed by atoms with E-state index in [2.05, 4.69) is 24.4 Å². The summed E-state index contributed by atoms with van der Waals surface area (Å²) >= 11 is 0. The van der Waals surface area contributed by atoms with Gasteiger partial charge in [-0.2, -0.15) is 0 Å². The van der Waals surface area contributed by atoms with Gasteiger partial charge in [0.1, 0.15) is 6.61 Å². The molecule has 1 heterocycles. The maximum Gasteiger partial charge on any atom is 0.261 e. The number of allylic oxidation sites excluding steroid dienone is 2. The number of imide groups is 1. The molecule has 1 N–H and O–H groups in total. The lowest BCUT2D eigenvalue weighted by Gasteiger charge is -2.16. The van der Waals surface area contributed by atoms with Gasteiger partial charge in [0.2, 0.25) is 5.91 Å². The number of fused-ring (bicyclic) bond motifs is 1. The second-order valence-electron chi connectivity index (χ2n) is 11.3. The van der Waals surface area contributed by atoms with Crippen molar-refractivity contribution in [1.29, 1.82) is 0 Å². The number of carbonyl (C=O) groups excluding carboxylic acids is 3. The van der Waals surface area contributed by atoms with Crippen LogP contribution in [0.1, 0.15) is 123 Å². The van der Waals surface area contributed by atoms with Crippen molar-refractivity contribution >= 4 is 17.7 Å². The fourth-order valence-corrected chi connectivity index (χ4v) is 5.28. The van der Waals surface area contributed by atoms with Crippen molar-refractivity contribution in [3.63, 3.8) is 0 Å². The molecule has 3 amide bonds. The number of hydrogen-bond donors (Lipinski definition) is 1. The lowest BCUT2D eigenvalue weighted by molar-refractivity contribution is -0.121. The summed E-state index contributed by atoms with van der Waals surface area (Å²) in [6.07, 6.45) is 21.3. The van der Waals surface area contributed by atoms with Crippen molar-refractivity contribution in [2.45, 2.75) is 103 Å². The van der Waals surface area contributed by atoms with Gasteiger partial charge >= 0.3 is 0 Å². The Morgan fingerprint density at radius 3 is 2.02 bits per heavy atom. The molecule has 0 unspecified atom stereocenters. The van der Waals surface area contributed by atoms with Crippen LogP contribution >= 0.6 is 0 Å². The summed E-state index contributed by atoms with van der Waals surface area (Å²) in [5, 5.41) is 2.99. The zero-order valence-corrected chi connectivity index (χ0v) is 26.2. The van der Waals surface area contributed by atoms with Gasteiger partial charge in [-0.3, -0.25) is 19.3 Å². The van der Waals surface area contributed by atoms with E-state index in [4.69, 9.17) is 9.47 Å². The molecule has 2 aromatic rings. The van der Waals surface area contributed by atoms with Crippen molar-refractivity contribution in [3.8, 4) is 11.5 Å². The quantitative estimate of drug-likeness (QED) is 0.0853. The number of carbonyl (C=O) groups is 3. The summed E-state index contributed by atoms with van der Waals surface area (Å²) in [4.78, 5) is 38.6. The van der Waals surface area contributed by atoms with Crippen LogP contribution in [0.4, 0.5) is 0 Å². The number of hydrogen-bond acceptors (Lipinski definition) is 5. The molecule has 3 rings (SSSR count). The van der Waals surface area contributed by atoms with Gasteiger partial charge in [0.05, 0.1) is 24.8 Å². The Morgan fingerprint density at radius 1 is 0.791 bits per heavy atom. The molecule has 0 spiro atoms. The molecule has 0 aliphatic carbocycles. The largest absolute Gasteiger partial charge is 0.493 e. The van der Waals surface area contributed by atoms with Crippen LogP contribution in [-0.2, 0) is 11.3 Å². The first kappa shape index (κ1) is 33.9. The van der Waals surface area contributed by atoms with Crippen LogP contribution in [0.3, 0.4) is 0 Å². The monoisotopic (exact) mass is 590 g/mol. The second kappa shape index (κ2) is 19.6. The van der Waals surface area contributed by atoms with Gasteiger partial charge in [0.15, 0.2) is 11.5 Å². The molecule has 1 aliphatic rings. The molecule has 43 heavy (non-hydrogen) atoms. The Balaban J connectivity index is 1.24. The molecule has 0 fully saturated rings. The van der Waals surface area contributed by atoms with Gasteiger partial charge in [0.25, 0.3) is 11.8 Å². The molecular weight excluding hydrogens is 540 g/mol. The topological polar surface area (TPSA) is 84.9 Å². The standard InChI is InChI=1S/C36H50N2O5/c1-3-4-5-6-7-8-9-10-11-12-13-14-15-16-17-22-34(39)37-28-29-23-24-32(33(27-29)42-2)43-26-25-38-35(40)30-20-18-19-21-31(30)36(38)41/h10-11,18-21,23-24,27H,3-9,12-17,22,25-26,28H2,1-2H3,(H,37,39). The lowest BCUT2D eigenvalue weighted by Crippen LogP contribution is -2.33.